The number of ether oxygens (including phenoxy) is 2. The van der Waals surface area contributed by atoms with Gasteiger partial charge in [0.1, 0.15) is 22.9 Å². The maximum Gasteiger partial charge on any atom is 0.422 e. The quantitative estimate of drug-likeness (QED) is 0.379. The van der Waals surface area contributed by atoms with Crippen LogP contribution in [-0.4, -0.2) is 79.0 Å². The Morgan fingerprint density at radius 2 is 1.78 bits per heavy atom. The van der Waals surface area contributed by atoms with Gasteiger partial charge in [0.05, 0.1) is 21.2 Å². The minimum absolute atomic E-state index is 0.0591. The van der Waals surface area contributed by atoms with Crippen molar-refractivity contribution in [2.75, 3.05) is 13.2 Å². The zero-order valence-corrected chi connectivity index (χ0v) is 27.4. The van der Waals surface area contributed by atoms with Crippen molar-refractivity contribution in [2.24, 2.45) is 5.92 Å². The molecule has 0 aromatic heterocycles. The molecule has 3 aliphatic rings. The van der Waals surface area contributed by atoms with Gasteiger partial charge in [-0.2, -0.15) is 18.4 Å². The summed E-state index contributed by atoms with van der Waals surface area (Å²) >= 11 is 6.19. The van der Waals surface area contributed by atoms with E-state index >= 15 is 0 Å². The van der Waals surface area contributed by atoms with E-state index in [0.29, 0.717) is 38.5 Å². The highest BCUT2D eigenvalue weighted by atomic mass is 35.5. The van der Waals surface area contributed by atoms with Gasteiger partial charge < -0.3 is 25.0 Å². The molecule has 1 aromatic rings. The van der Waals surface area contributed by atoms with E-state index in [2.05, 4.69) is 21.4 Å². The predicted molar refractivity (Wildman–Crippen MR) is 160 cm³/mol. The zero-order chi connectivity index (χ0) is 34.1. The number of nitrogens with one attached hydrogen (secondary N) is 2. The molecule has 4 rings (SSSR count). The summed E-state index contributed by atoms with van der Waals surface area (Å²) in [5.74, 6) is -1.37. The smallest absolute Gasteiger partial charge is 0.422 e. The van der Waals surface area contributed by atoms with Crippen molar-refractivity contribution in [1.82, 2.24) is 15.5 Å². The van der Waals surface area contributed by atoms with E-state index in [9.17, 15) is 41.2 Å². The largest absolute Gasteiger partial charge is 0.484 e. The molecule has 2 unspecified atom stereocenters. The van der Waals surface area contributed by atoms with Crippen LogP contribution in [0.3, 0.4) is 0 Å². The molecular weight excluding hydrogens is 653 g/mol. The van der Waals surface area contributed by atoms with Crippen molar-refractivity contribution in [3.63, 3.8) is 0 Å². The number of benzene rings is 1. The molecule has 0 spiro atoms. The Kier molecular flexibility index (Phi) is 10.4. The lowest BCUT2D eigenvalue weighted by Crippen LogP contribution is -2.49. The van der Waals surface area contributed by atoms with Crippen LogP contribution in [0.5, 0.6) is 5.75 Å². The number of carbonyl (C=O) groups excluding carboxylic acids is 3. The Labute approximate surface area is 271 Å². The first-order valence-corrected chi connectivity index (χ1v) is 17.0. The van der Waals surface area contributed by atoms with Crippen LogP contribution in [0, 0.1) is 17.2 Å². The second kappa shape index (κ2) is 13.5. The van der Waals surface area contributed by atoms with E-state index in [-0.39, 0.29) is 47.0 Å². The van der Waals surface area contributed by atoms with E-state index in [4.69, 9.17) is 16.3 Å². The normalized spacial score (nSPS) is 24.4. The van der Waals surface area contributed by atoms with Gasteiger partial charge in [0.25, 0.3) is 0 Å². The lowest BCUT2D eigenvalue weighted by Gasteiger charge is -2.31. The fourth-order valence-electron chi connectivity index (χ4n) is 5.75. The van der Waals surface area contributed by atoms with Crippen LogP contribution < -0.4 is 15.4 Å². The highest BCUT2D eigenvalue weighted by molar-refractivity contribution is 7.92. The molecule has 2 N–H and O–H groups in total. The first kappa shape index (κ1) is 35.6. The summed E-state index contributed by atoms with van der Waals surface area (Å²) < 4.78 is 75.0. The molecular formula is C30H38ClF3N4O7S. The minimum atomic E-state index is -4.60. The summed E-state index contributed by atoms with van der Waals surface area (Å²) in [6, 6.07) is 3.86. The summed E-state index contributed by atoms with van der Waals surface area (Å²) in [6.07, 6.45) is -1.96. The summed E-state index contributed by atoms with van der Waals surface area (Å²) in [7, 11) is -4.26. The molecule has 0 radical (unpaired) electrons. The van der Waals surface area contributed by atoms with Crippen LogP contribution in [0.25, 0.3) is 0 Å². The number of nitriles is 1. The third kappa shape index (κ3) is 9.18. The Morgan fingerprint density at radius 3 is 2.33 bits per heavy atom. The van der Waals surface area contributed by atoms with Gasteiger partial charge in [0.15, 0.2) is 16.4 Å². The van der Waals surface area contributed by atoms with Crippen molar-refractivity contribution in [3.05, 3.63) is 23.2 Å². The Bertz CT molecular complexity index is 1480. The van der Waals surface area contributed by atoms with Crippen LogP contribution in [0.15, 0.2) is 23.1 Å². The van der Waals surface area contributed by atoms with E-state index in [0.717, 1.165) is 18.2 Å². The molecule has 3 amide bonds. The third-order valence-corrected chi connectivity index (χ3v) is 10.9. The van der Waals surface area contributed by atoms with Gasteiger partial charge in [0, 0.05) is 25.1 Å². The second-order valence-electron chi connectivity index (χ2n) is 13.2. The van der Waals surface area contributed by atoms with Crippen LogP contribution in [0.2, 0.25) is 5.02 Å². The molecule has 3 fully saturated rings. The van der Waals surface area contributed by atoms with Gasteiger partial charge in [-0.1, -0.05) is 11.6 Å². The molecule has 1 aliphatic heterocycles. The molecule has 2 aliphatic carbocycles. The predicted octanol–water partition coefficient (Wildman–Crippen LogP) is 4.67. The first-order valence-electron chi connectivity index (χ1n) is 15.1. The van der Waals surface area contributed by atoms with Gasteiger partial charge in [-0.05, 0) is 83.8 Å². The highest BCUT2D eigenvalue weighted by Gasteiger charge is 2.50. The van der Waals surface area contributed by atoms with Crippen LogP contribution in [0.4, 0.5) is 18.0 Å². The zero-order valence-electron chi connectivity index (χ0n) is 25.8. The number of nitrogens with zero attached hydrogens (tertiary/aromatic N) is 2. The maximum absolute atomic E-state index is 13.7. The number of sulfone groups is 1. The number of rotatable bonds is 9. The van der Waals surface area contributed by atoms with Gasteiger partial charge in [-0.25, -0.2) is 13.2 Å². The fraction of sp³-hybridized carbons (Fsp3) is 0.667. The first-order chi connectivity index (χ1) is 21.3. The van der Waals surface area contributed by atoms with Crippen LogP contribution in [-0.2, 0) is 24.2 Å². The molecule has 2 saturated carbocycles. The van der Waals surface area contributed by atoms with Crippen LogP contribution in [0.1, 0.15) is 72.1 Å². The molecule has 254 valence electrons. The number of alkyl halides is 3. The van der Waals surface area contributed by atoms with Crippen molar-refractivity contribution in [1.29, 1.82) is 5.26 Å². The number of alkyl carbamates (subject to hydrolysis) is 1. The number of carbonyl (C=O) groups is 3. The van der Waals surface area contributed by atoms with Gasteiger partial charge >= 0.3 is 12.3 Å². The average molecular weight is 691 g/mol. The molecule has 1 heterocycles. The highest BCUT2D eigenvalue weighted by Crippen LogP contribution is 2.38. The number of likely N-dealkylation sites (tertiary alicyclic amines) is 1. The van der Waals surface area contributed by atoms with Gasteiger partial charge in [0.2, 0.25) is 11.8 Å². The number of hydrogen-bond acceptors (Lipinski definition) is 8. The van der Waals surface area contributed by atoms with E-state index in [1.54, 1.807) is 20.8 Å². The number of halogens is 4. The van der Waals surface area contributed by atoms with E-state index in [1.807, 2.05) is 0 Å². The number of amides is 3. The number of hydrogen-bond donors (Lipinski definition) is 2. The molecule has 0 bridgehead atoms. The average Bonchev–Trinajstić information content (AvgIpc) is 3.55. The molecule has 16 heteroatoms. The summed E-state index contributed by atoms with van der Waals surface area (Å²) in [6.45, 7) is 3.41. The Hall–Kier alpha value is -3.25. The third-order valence-electron chi connectivity index (χ3n) is 8.29. The van der Waals surface area contributed by atoms with E-state index < -0.39 is 63.0 Å². The second-order valence-corrected chi connectivity index (χ2v) is 15.8. The lowest BCUT2D eigenvalue weighted by atomic mass is 9.84. The standard InChI is InChI=1S/C30H38ClF3N4O7S/c1-28(2,3)45-27(41)36-19-6-4-18(5-7-19)12-25(39)38-15-21(14-23(38)26(40)37-29(16-35)10-11-29)46(42,43)24-9-8-20(13-22(24)31)44-17-30(32,33)34/h8-9,13,18-19,21,23H,4-7,10-12,14-15,17H2,1-3H3,(H,36,41)(H,37,40). The SMILES string of the molecule is CC(C)(C)OC(=O)NC1CCC(CC(=O)N2CC(S(=O)(=O)c3ccc(OCC(F)(F)F)cc3Cl)CC2C(=O)NC2(C#N)CC2)CC1. The van der Waals surface area contributed by atoms with Crippen molar-refractivity contribution in [2.45, 2.75) is 112 Å². The lowest BCUT2D eigenvalue weighted by molar-refractivity contribution is -0.153. The van der Waals surface area contributed by atoms with Gasteiger partial charge in [-0.3, -0.25) is 9.59 Å². The van der Waals surface area contributed by atoms with Crippen molar-refractivity contribution < 1.29 is 45.4 Å². The van der Waals surface area contributed by atoms with Crippen LogP contribution >= 0.6 is 11.6 Å². The van der Waals surface area contributed by atoms with Crippen molar-refractivity contribution >= 4 is 39.3 Å². The molecule has 2 atom stereocenters. The maximum atomic E-state index is 13.7. The monoisotopic (exact) mass is 690 g/mol. The molecule has 46 heavy (non-hydrogen) atoms. The van der Waals surface area contributed by atoms with Gasteiger partial charge in [-0.15, -0.1) is 0 Å². The summed E-state index contributed by atoms with van der Waals surface area (Å²) in [5.41, 5.74) is -1.68. The molecule has 1 saturated heterocycles. The fourth-order valence-corrected chi connectivity index (χ4v) is 7.98. The molecule has 1 aromatic carbocycles. The Balaban J connectivity index is 1.45. The topological polar surface area (TPSA) is 155 Å². The summed E-state index contributed by atoms with van der Waals surface area (Å²) in [5, 5.41) is 13.4. The van der Waals surface area contributed by atoms with Crippen molar-refractivity contribution in [3.8, 4) is 11.8 Å². The molecule has 11 nitrogen and oxygen atoms in total. The minimum Gasteiger partial charge on any atom is -0.484 e. The Morgan fingerprint density at radius 1 is 1.13 bits per heavy atom. The van der Waals surface area contributed by atoms with E-state index in [1.165, 1.54) is 4.90 Å². The summed E-state index contributed by atoms with van der Waals surface area (Å²) in [4.78, 5) is 40.0.